The van der Waals surface area contributed by atoms with Crippen LogP contribution in [0, 0.1) is 0 Å². The average molecular weight is 220 g/mol. The van der Waals surface area contributed by atoms with Gasteiger partial charge in [-0.05, 0) is 29.5 Å². The Morgan fingerprint density at radius 3 is 3.00 bits per heavy atom. The molecule has 1 aromatic carbocycles. The van der Waals surface area contributed by atoms with E-state index in [4.69, 9.17) is 4.74 Å². The van der Waals surface area contributed by atoms with Crippen LogP contribution in [-0.4, -0.2) is 17.7 Å². The molecule has 1 heterocycles. The van der Waals surface area contributed by atoms with Crippen molar-refractivity contribution in [2.75, 3.05) is 6.61 Å². The molecule has 0 saturated carbocycles. The minimum atomic E-state index is -0.684. The van der Waals surface area contributed by atoms with Gasteiger partial charge in [0.25, 0.3) is 0 Å². The van der Waals surface area contributed by atoms with Gasteiger partial charge >= 0.3 is 5.97 Å². The molecule has 0 radical (unpaired) electrons. The number of cyclic esters (lactones) is 1. The van der Waals surface area contributed by atoms with Crippen molar-refractivity contribution in [1.82, 2.24) is 0 Å². The van der Waals surface area contributed by atoms with Gasteiger partial charge in [-0.2, -0.15) is 0 Å². The SMILES string of the molecule is CCC(C)c1ccc2c(c1)C(O)COC2=O. The molecule has 2 atom stereocenters. The lowest BCUT2D eigenvalue weighted by Crippen LogP contribution is -2.22. The Labute approximate surface area is 95.0 Å². The van der Waals surface area contributed by atoms with Crippen molar-refractivity contribution in [3.8, 4) is 0 Å². The minimum Gasteiger partial charge on any atom is -0.459 e. The van der Waals surface area contributed by atoms with Crippen LogP contribution in [0.25, 0.3) is 0 Å². The molecular formula is C13H16O3. The fourth-order valence-electron chi connectivity index (χ4n) is 1.91. The Morgan fingerprint density at radius 2 is 2.31 bits per heavy atom. The van der Waals surface area contributed by atoms with E-state index in [0.29, 0.717) is 17.0 Å². The Morgan fingerprint density at radius 1 is 1.56 bits per heavy atom. The maximum atomic E-state index is 11.4. The molecule has 0 aliphatic carbocycles. The van der Waals surface area contributed by atoms with Crippen molar-refractivity contribution in [2.24, 2.45) is 0 Å². The molecule has 2 unspecified atom stereocenters. The normalized spacial score (nSPS) is 21.2. The van der Waals surface area contributed by atoms with Gasteiger partial charge in [-0.15, -0.1) is 0 Å². The summed E-state index contributed by atoms with van der Waals surface area (Å²) < 4.78 is 4.85. The number of esters is 1. The molecular weight excluding hydrogens is 204 g/mol. The number of rotatable bonds is 2. The maximum Gasteiger partial charge on any atom is 0.338 e. The van der Waals surface area contributed by atoms with E-state index < -0.39 is 6.10 Å². The second-order valence-electron chi connectivity index (χ2n) is 4.27. The number of fused-ring (bicyclic) bond motifs is 1. The maximum absolute atomic E-state index is 11.4. The van der Waals surface area contributed by atoms with E-state index >= 15 is 0 Å². The van der Waals surface area contributed by atoms with Crippen LogP contribution >= 0.6 is 0 Å². The molecule has 1 aromatic rings. The summed E-state index contributed by atoms with van der Waals surface area (Å²) in [6, 6.07) is 5.61. The highest BCUT2D eigenvalue weighted by molar-refractivity contribution is 5.92. The largest absolute Gasteiger partial charge is 0.459 e. The lowest BCUT2D eigenvalue weighted by Gasteiger charge is -2.22. The topological polar surface area (TPSA) is 46.5 Å². The number of ether oxygens (including phenoxy) is 1. The van der Waals surface area contributed by atoms with Crippen LogP contribution in [0.15, 0.2) is 18.2 Å². The van der Waals surface area contributed by atoms with Crippen LogP contribution in [0.5, 0.6) is 0 Å². The van der Waals surface area contributed by atoms with Crippen molar-refractivity contribution in [3.63, 3.8) is 0 Å². The molecule has 1 N–H and O–H groups in total. The van der Waals surface area contributed by atoms with Gasteiger partial charge in [-0.1, -0.05) is 26.0 Å². The fraction of sp³-hybridized carbons (Fsp3) is 0.462. The predicted molar refractivity (Wildman–Crippen MR) is 60.4 cm³/mol. The highest BCUT2D eigenvalue weighted by Crippen LogP contribution is 2.29. The van der Waals surface area contributed by atoms with E-state index in [1.165, 1.54) is 0 Å². The number of aliphatic hydroxyl groups excluding tert-OH is 1. The summed E-state index contributed by atoms with van der Waals surface area (Å²) in [5, 5.41) is 9.78. The Kier molecular flexibility index (Phi) is 2.97. The van der Waals surface area contributed by atoms with Crippen LogP contribution in [0.3, 0.4) is 0 Å². The second kappa shape index (κ2) is 4.26. The summed E-state index contributed by atoms with van der Waals surface area (Å²) in [4.78, 5) is 11.4. The molecule has 0 amide bonds. The lowest BCUT2D eigenvalue weighted by atomic mass is 9.91. The monoisotopic (exact) mass is 220 g/mol. The van der Waals surface area contributed by atoms with Gasteiger partial charge in [0.2, 0.25) is 0 Å². The molecule has 0 bridgehead atoms. The standard InChI is InChI=1S/C13H16O3/c1-3-8(2)9-4-5-10-11(6-9)12(14)7-16-13(10)15/h4-6,8,12,14H,3,7H2,1-2H3. The molecule has 1 aliphatic heterocycles. The first kappa shape index (κ1) is 11.1. The van der Waals surface area contributed by atoms with Gasteiger partial charge in [0, 0.05) is 0 Å². The molecule has 0 fully saturated rings. The molecule has 3 nitrogen and oxygen atoms in total. The van der Waals surface area contributed by atoms with E-state index in [-0.39, 0.29) is 12.6 Å². The number of aliphatic hydroxyl groups is 1. The third-order valence-corrected chi connectivity index (χ3v) is 3.21. The van der Waals surface area contributed by atoms with E-state index in [1.54, 1.807) is 6.07 Å². The number of carbonyl (C=O) groups is 1. The van der Waals surface area contributed by atoms with Crippen LogP contribution in [-0.2, 0) is 4.74 Å². The molecule has 2 rings (SSSR count). The van der Waals surface area contributed by atoms with Crippen molar-refractivity contribution in [2.45, 2.75) is 32.3 Å². The fourth-order valence-corrected chi connectivity index (χ4v) is 1.91. The smallest absolute Gasteiger partial charge is 0.338 e. The zero-order chi connectivity index (χ0) is 11.7. The predicted octanol–water partition coefficient (Wildman–Crippen LogP) is 2.40. The third-order valence-electron chi connectivity index (χ3n) is 3.21. The number of benzene rings is 1. The first-order valence-corrected chi connectivity index (χ1v) is 5.62. The lowest BCUT2D eigenvalue weighted by molar-refractivity contribution is 0.0167. The van der Waals surface area contributed by atoms with Gasteiger partial charge in [-0.25, -0.2) is 4.79 Å². The van der Waals surface area contributed by atoms with E-state index in [2.05, 4.69) is 13.8 Å². The zero-order valence-electron chi connectivity index (χ0n) is 9.56. The van der Waals surface area contributed by atoms with Crippen molar-refractivity contribution in [3.05, 3.63) is 34.9 Å². The summed E-state index contributed by atoms with van der Waals surface area (Å²) in [6.45, 7) is 4.32. The molecule has 0 aromatic heterocycles. The average Bonchev–Trinajstić information content (AvgIpc) is 2.32. The first-order chi connectivity index (χ1) is 7.63. The Balaban J connectivity index is 2.44. The number of hydrogen-bond donors (Lipinski definition) is 1. The summed E-state index contributed by atoms with van der Waals surface area (Å²) >= 11 is 0. The van der Waals surface area contributed by atoms with Gasteiger partial charge in [0.15, 0.2) is 0 Å². The highest BCUT2D eigenvalue weighted by atomic mass is 16.5. The van der Waals surface area contributed by atoms with E-state index in [9.17, 15) is 9.90 Å². The van der Waals surface area contributed by atoms with Crippen molar-refractivity contribution >= 4 is 5.97 Å². The molecule has 86 valence electrons. The molecule has 0 spiro atoms. The van der Waals surface area contributed by atoms with E-state index in [1.807, 2.05) is 12.1 Å². The number of hydrogen-bond acceptors (Lipinski definition) is 3. The van der Waals surface area contributed by atoms with Gasteiger partial charge in [-0.3, -0.25) is 0 Å². The quantitative estimate of drug-likeness (QED) is 0.778. The van der Waals surface area contributed by atoms with Crippen LogP contribution in [0.1, 0.15) is 53.8 Å². The highest BCUT2D eigenvalue weighted by Gasteiger charge is 2.25. The number of carbonyl (C=O) groups excluding carboxylic acids is 1. The molecule has 0 saturated heterocycles. The Bertz CT molecular complexity index is 412. The van der Waals surface area contributed by atoms with Crippen LogP contribution < -0.4 is 0 Å². The molecule has 3 heteroatoms. The van der Waals surface area contributed by atoms with Crippen LogP contribution in [0.4, 0.5) is 0 Å². The summed E-state index contributed by atoms with van der Waals surface area (Å²) in [7, 11) is 0. The van der Waals surface area contributed by atoms with Gasteiger partial charge < -0.3 is 9.84 Å². The summed E-state index contributed by atoms with van der Waals surface area (Å²) in [5.41, 5.74) is 2.36. The van der Waals surface area contributed by atoms with Crippen LogP contribution in [0.2, 0.25) is 0 Å². The minimum absolute atomic E-state index is 0.0653. The van der Waals surface area contributed by atoms with Gasteiger partial charge in [0.1, 0.15) is 12.7 Å². The van der Waals surface area contributed by atoms with E-state index in [0.717, 1.165) is 12.0 Å². The third kappa shape index (κ3) is 1.83. The zero-order valence-corrected chi connectivity index (χ0v) is 9.56. The van der Waals surface area contributed by atoms with Crippen molar-refractivity contribution < 1.29 is 14.6 Å². The molecule has 1 aliphatic rings. The van der Waals surface area contributed by atoms with Gasteiger partial charge in [0.05, 0.1) is 5.56 Å². The molecule has 16 heavy (non-hydrogen) atoms. The first-order valence-electron chi connectivity index (χ1n) is 5.62. The Hall–Kier alpha value is -1.35. The second-order valence-corrected chi connectivity index (χ2v) is 4.27. The summed E-state index contributed by atoms with van der Waals surface area (Å²) in [5.74, 6) is 0.103. The van der Waals surface area contributed by atoms with Crippen molar-refractivity contribution in [1.29, 1.82) is 0 Å². The summed E-state index contributed by atoms with van der Waals surface area (Å²) in [6.07, 6.45) is 0.357.